The number of carbonyl (C=O) groups excluding carboxylic acids is 1. The molecule has 7 heteroatoms. The zero-order valence-electron chi connectivity index (χ0n) is 16.7. The van der Waals surface area contributed by atoms with E-state index in [9.17, 15) is 4.79 Å². The molecule has 0 radical (unpaired) electrons. The van der Waals surface area contributed by atoms with Crippen molar-refractivity contribution < 1.29 is 4.79 Å². The van der Waals surface area contributed by atoms with Crippen LogP contribution in [-0.2, 0) is 0 Å². The van der Waals surface area contributed by atoms with Crippen LogP contribution in [0.2, 0.25) is 0 Å². The van der Waals surface area contributed by atoms with Gasteiger partial charge in [-0.1, -0.05) is 0 Å². The average Bonchev–Trinajstić information content (AvgIpc) is 2.74. The van der Waals surface area contributed by atoms with E-state index in [1.165, 1.54) is 6.42 Å². The Bertz CT molecular complexity index is 1030. The second-order valence-corrected chi connectivity index (χ2v) is 7.25. The Morgan fingerprint density at radius 2 is 1.72 bits per heavy atom. The number of rotatable bonds is 4. The summed E-state index contributed by atoms with van der Waals surface area (Å²) in [6.07, 6.45) is 8.57. The molecular formula is C22H24N6O. The lowest BCUT2D eigenvalue weighted by molar-refractivity contribution is 0.0723. The average molecular weight is 388 g/mol. The SMILES string of the molecule is Cc1nccc(Nc2cc(-c3cnc(C)c(C(=O)N4CCCCC4)c3)ccn2)n1. The van der Waals surface area contributed by atoms with Crippen molar-refractivity contribution in [1.82, 2.24) is 24.8 Å². The van der Waals surface area contributed by atoms with E-state index in [1.54, 1.807) is 24.7 Å². The van der Waals surface area contributed by atoms with E-state index >= 15 is 0 Å². The van der Waals surface area contributed by atoms with Crippen molar-refractivity contribution in [2.45, 2.75) is 33.1 Å². The molecule has 3 aromatic heterocycles. The lowest BCUT2D eigenvalue weighted by Crippen LogP contribution is -2.36. The fourth-order valence-corrected chi connectivity index (χ4v) is 3.51. The molecule has 0 aliphatic carbocycles. The summed E-state index contributed by atoms with van der Waals surface area (Å²) >= 11 is 0. The molecule has 1 amide bonds. The molecule has 29 heavy (non-hydrogen) atoms. The van der Waals surface area contributed by atoms with Crippen LogP contribution < -0.4 is 5.32 Å². The molecule has 4 rings (SSSR count). The standard InChI is InChI=1S/C22H24N6O/c1-15-19(22(29)28-10-4-3-5-11-28)12-18(14-25-15)17-6-8-24-21(13-17)27-20-7-9-23-16(2)26-20/h6-9,12-14H,3-5,10-11H2,1-2H3,(H,23,24,26,27). The smallest absolute Gasteiger partial charge is 0.255 e. The quantitative estimate of drug-likeness (QED) is 0.729. The first-order valence-corrected chi connectivity index (χ1v) is 9.89. The molecular weight excluding hydrogens is 364 g/mol. The number of piperidine rings is 1. The number of hydrogen-bond donors (Lipinski definition) is 1. The minimum Gasteiger partial charge on any atom is -0.339 e. The van der Waals surface area contributed by atoms with Crippen molar-refractivity contribution >= 4 is 17.5 Å². The topological polar surface area (TPSA) is 83.9 Å². The number of hydrogen-bond acceptors (Lipinski definition) is 6. The molecule has 0 bridgehead atoms. The second kappa shape index (κ2) is 8.34. The third-order valence-corrected chi connectivity index (χ3v) is 5.09. The van der Waals surface area contributed by atoms with Crippen LogP contribution in [0.15, 0.2) is 42.9 Å². The van der Waals surface area contributed by atoms with Crippen molar-refractivity contribution in [3.05, 3.63) is 59.9 Å². The predicted octanol–water partition coefficient (Wildman–Crippen LogP) is 3.92. The fourth-order valence-electron chi connectivity index (χ4n) is 3.51. The van der Waals surface area contributed by atoms with Gasteiger partial charge in [-0.2, -0.15) is 0 Å². The fraction of sp³-hybridized carbons (Fsp3) is 0.318. The number of carbonyl (C=O) groups is 1. The number of anilines is 2. The van der Waals surface area contributed by atoms with Gasteiger partial charge >= 0.3 is 0 Å². The van der Waals surface area contributed by atoms with Crippen LogP contribution in [0.3, 0.4) is 0 Å². The Hall–Kier alpha value is -3.35. The van der Waals surface area contributed by atoms with Crippen molar-refractivity contribution in [1.29, 1.82) is 0 Å². The maximum Gasteiger partial charge on any atom is 0.255 e. The summed E-state index contributed by atoms with van der Waals surface area (Å²) in [5, 5.41) is 3.20. The highest BCUT2D eigenvalue weighted by atomic mass is 16.2. The molecule has 1 N–H and O–H groups in total. The lowest BCUT2D eigenvalue weighted by atomic mass is 10.0. The number of amides is 1. The highest BCUT2D eigenvalue weighted by molar-refractivity contribution is 5.96. The number of nitrogens with one attached hydrogen (secondary N) is 1. The Balaban J connectivity index is 1.60. The molecule has 0 aromatic carbocycles. The largest absolute Gasteiger partial charge is 0.339 e. The first kappa shape index (κ1) is 19.0. The van der Waals surface area contributed by atoms with Gasteiger partial charge in [0.25, 0.3) is 5.91 Å². The van der Waals surface area contributed by atoms with E-state index in [-0.39, 0.29) is 5.91 Å². The van der Waals surface area contributed by atoms with Crippen LogP contribution in [0.4, 0.5) is 11.6 Å². The summed E-state index contributed by atoms with van der Waals surface area (Å²) < 4.78 is 0. The maximum atomic E-state index is 13.0. The lowest BCUT2D eigenvalue weighted by Gasteiger charge is -2.27. The van der Waals surface area contributed by atoms with E-state index in [2.05, 4.69) is 25.3 Å². The molecule has 0 saturated carbocycles. The van der Waals surface area contributed by atoms with E-state index in [0.717, 1.165) is 42.8 Å². The van der Waals surface area contributed by atoms with E-state index in [1.807, 2.05) is 36.9 Å². The van der Waals surface area contributed by atoms with Gasteiger partial charge in [-0.05, 0) is 62.9 Å². The van der Waals surface area contributed by atoms with Gasteiger partial charge < -0.3 is 10.2 Å². The summed E-state index contributed by atoms with van der Waals surface area (Å²) in [5.74, 6) is 2.12. The molecule has 0 unspecified atom stereocenters. The minimum atomic E-state index is 0.0698. The highest BCUT2D eigenvalue weighted by Gasteiger charge is 2.21. The number of aryl methyl sites for hydroxylation is 2. The van der Waals surface area contributed by atoms with Gasteiger partial charge in [0.2, 0.25) is 0 Å². The number of likely N-dealkylation sites (tertiary alicyclic amines) is 1. The first-order chi connectivity index (χ1) is 14.1. The highest BCUT2D eigenvalue weighted by Crippen LogP contribution is 2.25. The number of aromatic nitrogens is 4. The monoisotopic (exact) mass is 388 g/mol. The second-order valence-electron chi connectivity index (χ2n) is 7.25. The number of nitrogens with zero attached hydrogens (tertiary/aromatic N) is 5. The molecule has 1 saturated heterocycles. The van der Waals surface area contributed by atoms with Crippen molar-refractivity contribution in [2.24, 2.45) is 0 Å². The van der Waals surface area contributed by atoms with Gasteiger partial charge in [0, 0.05) is 37.2 Å². The Labute approximate surface area is 170 Å². The van der Waals surface area contributed by atoms with Crippen LogP contribution in [0.1, 0.15) is 41.1 Å². The molecule has 0 spiro atoms. The molecule has 0 atom stereocenters. The summed E-state index contributed by atoms with van der Waals surface area (Å²) in [6, 6.07) is 7.58. The summed E-state index contributed by atoms with van der Waals surface area (Å²) in [4.78, 5) is 32.2. The summed E-state index contributed by atoms with van der Waals surface area (Å²) in [7, 11) is 0. The van der Waals surface area contributed by atoms with Crippen LogP contribution >= 0.6 is 0 Å². The molecule has 1 aliphatic heterocycles. The van der Waals surface area contributed by atoms with Crippen molar-refractivity contribution in [3.63, 3.8) is 0 Å². The van der Waals surface area contributed by atoms with Gasteiger partial charge in [0.05, 0.1) is 11.3 Å². The van der Waals surface area contributed by atoms with Crippen LogP contribution in [-0.4, -0.2) is 43.8 Å². The number of pyridine rings is 2. The molecule has 1 aliphatic rings. The Morgan fingerprint density at radius 3 is 2.52 bits per heavy atom. The van der Waals surface area contributed by atoms with Crippen LogP contribution in [0, 0.1) is 13.8 Å². The van der Waals surface area contributed by atoms with Crippen LogP contribution in [0.25, 0.3) is 11.1 Å². The van der Waals surface area contributed by atoms with Crippen molar-refractivity contribution in [2.75, 3.05) is 18.4 Å². The molecule has 148 valence electrons. The van der Waals surface area contributed by atoms with E-state index in [4.69, 9.17) is 0 Å². The minimum absolute atomic E-state index is 0.0698. The van der Waals surface area contributed by atoms with Gasteiger partial charge in [-0.25, -0.2) is 15.0 Å². The van der Waals surface area contributed by atoms with Crippen LogP contribution in [0.5, 0.6) is 0 Å². The Morgan fingerprint density at radius 1 is 0.931 bits per heavy atom. The zero-order chi connectivity index (χ0) is 20.2. The Kier molecular flexibility index (Phi) is 5.46. The van der Waals surface area contributed by atoms with Gasteiger partial charge in [0.15, 0.2) is 0 Å². The molecule has 1 fully saturated rings. The summed E-state index contributed by atoms with van der Waals surface area (Å²) in [6.45, 7) is 5.38. The van der Waals surface area contributed by atoms with Gasteiger partial charge in [-0.3, -0.25) is 9.78 Å². The van der Waals surface area contributed by atoms with Gasteiger partial charge in [-0.15, -0.1) is 0 Å². The molecule has 4 heterocycles. The van der Waals surface area contributed by atoms with Crippen molar-refractivity contribution in [3.8, 4) is 11.1 Å². The first-order valence-electron chi connectivity index (χ1n) is 9.89. The summed E-state index contributed by atoms with van der Waals surface area (Å²) in [5.41, 5.74) is 3.25. The third-order valence-electron chi connectivity index (χ3n) is 5.09. The van der Waals surface area contributed by atoms with E-state index in [0.29, 0.717) is 23.0 Å². The zero-order valence-corrected chi connectivity index (χ0v) is 16.7. The van der Waals surface area contributed by atoms with E-state index < -0.39 is 0 Å². The van der Waals surface area contributed by atoms with Gasteiger partial charge in [0.1, 0.15) is 17.5 Å². The normalized spacial score (nSPS) is 13.9. The molecule has 7 nitrogen and oxygen atoms in total. The predicted molar refractivity (Wildman–Crippen MR) is 112 cm³/mol. The molecule has 3 aromatic rings. The third kappa shape index (κ3) is 4.39. The maximum absolute atomic E-state index is 13.0.